The van der Waals surface area contributed by atoms with Crippen LogP contribution in [0.5, 0.6) is 0 Å². The first-order valence-corrected chi connectivity index (χ1v) is 71.9. The molecule has 5 spiro atoms. The van der Waals surface area contributed by atoms with Crippen molar-refractivity contribution >= 4 is 87.8 Å². The fourth-order valence-electron chi connectivity index (χ4n) is 24.4. The Hall–Kier alpha value is -5.09. The molecule has 2 heterocycles. The summed E-state index contributed by atoms with van der Waals surface area (Å²) >= 11 is -8.64. The van der Waals surface area contributed by atoms with Gasteiger partial charge in [0, 0.05) is 0 Å². The summed E-state index contributed by atoms with van der Waals surface area (Å²) in [6.45, 7) is 37.1. The summed E-state index contributed by atoms with van der Waals surface area (Å²) < 4.78 is 134. The first-order chi connectivity index (χ1) is 48.2. The van der Waals surface area contributed by atoms with Crippen molar-refractivity contribution in [2.45, 2.75) is 180 Å². The van der Waals surface area contributed by atoms with Crippen LogP contribution in [0.2, 0.25) is 103 Å². The van der Waals surface area contributed by atoms with E-state index in [1.807, 2.05) is 103 Å². The zero-order chi connectivity index (χ0) is 74.7. The van der Waals surface area contributed by atoms with Crippen LogP contribution in [0.25, 0.3) is 0 Å². The molecular formula is C86H96Cl2F8HfSi6. The van der Waals surface area contributed by atoms with Gasteiger partial charge in [-0.3, -0.25) is 0 Å². The molecule has 0 bridgehead atoms. The molecule has 17 heteroatoms. The minimum absolute atomic E-state index is 0.130. The van der Waals surface area contributed by atoms with Crippen molar-refractivity contribution in [2.75, 3.05) is 0 Å². The fourth-order valence-corrected chi connectivity index (χ4v) is 201. The SMILES string of the molecule is CCC1=CC2=C(C=CC=CC2c2cc(F)c([Si](C)(C)C)c(F)c2)[C]12[SiH](C)[C]1(C(CC)=CC3=C1C=CC=CC3c1cc(F)c([Si](C)(C)C)c(F)c1)[Hf]21([Cl])([Cl])[C]2(C(CC)=CC3=C2C=CC=CC3c2cc(F)c([Si](C)(C)C)c(F)c2)[SiH](C)[C]12C(CC)=CC1=C2C=CC=CC1c1cc(F)c([Si](C)(C)C)c(F)c1. The van der Waals surface area contributed by atoms with E-state index < -0.39 is 146 Å². The van der Waals surface area contributed by atoms with Gasteiger partial charge >= 0.3 is 623 Å². The van der Waals surface area contributed by atoms with Gasteiger partial charge in [-0.25, -0.2) is 0 Å². The number of benzene rings is 4. The van der Waals surface area contributed by atoms with E-state index in [1.54, 1.807) is 0 Å². The predicted molar refractivity (Wildman–Crippen MR) is 432 cm³/mol. The van der Waals surface area contributed by atoms with Crippen LogP contribution >= 0.6 is 17.2 Å². The summed E-state index contributed by atoms with van der Waals surface area (Å²) in [6, 6.07) is 12.3. The molecule has 0 amide bonds. The normalized spacial score (nSPS) is 30.4. The first kappa shape index (κ1) is 74.8. The van der Waals surface area contributed by atoms with Gasteiger partial charge in [-0.2, -0.15) is 0 Å². The van der Waals surface area contributed by atoms with Crippen LogP contribution < -0.4 is 20.7 Å². The second-order valence-corrected chi connectivity index (χ2v) is 110. The van der Waals surface area contributed by atoms with Gasteiger partial charge in [-0.05, 0) is 0 Å². The molecule has 103 heavy (non-hydrogen) atoms. The van der Waals surface area contributed by atoms with E-state index in [9.17, 15) is 17.2 Å². The molecular weight excluding hydrogens is 1600 g/mol. The van der Waals surface area contributed by atoms with Gasteiger partial charge in [0.25, 0.3) is 0 Å². The van der Waals surface area contributed by atoms with Crippen LogP contribution in [-0.2, 0) is 14.7 Å². The molecule has 14 rings (SSSR count). The van der Waals surface area contributed by atoms with Crippen LogP contribution in [0.15, 0.2) is 237 Å². The Balaban J connectivity index is 1.22. The third-order valence-corrected chi connectivity index (χ3v) is 150. The molecule has 4 aromatic rings. The van der Waals surface area contributed by atoms with Gasteiger partial charge in [0.2, 0.25) is 0 Å². The third kappa shape index (κ3) is 8.80. The maximum atomic E-state index is 17.3. The monoisotopic (exact) mass is 1700 g/mol. The standard InChI is InChI=1S/2C43H48F4Si3.2ClH.Hf/c2*1-10-26-20-34-30(28-22-36(44)42(37(45)23-28)49(4,5)6)16-12-14-18-32(34)40(26)48(3)41-27(11-2)21-35-31(17-13-15-19-33(35)41)29-24-38(46)43(39(47)25-29)50(7,8)9;;;/h2*12-25,30-31,48H,10-11H2,1-9H3;2*1H;/q;;;;+2/p-2. The Morgan fingerprint density at radius 3 is 0.650 bits per heavy atom. The Labute approximate surface area is 617 Å². The molecule has 0 saturated carbocycles. The fraction of sp³-hybridized carbons (Fsp3) is 0.349. The van der Waals surface area contributed by atoms with E-state index in [-0.39, 0.29) is 20.7 Å². The van der Waals surface area contributed by atoms with Crippen molar-refractivity contribution in [1.29, 1.82) is 0 Å². The summed E-state index contributed by atoms with van der Waals surface area (Å²) in [5.41, 5.74) is 13.1. The van der Waals surface area contributed by atoms with Gasteiger partial charge < -0.3 is 0 Å². The Kier molecular flexibility index (Phi) is 17.6. The van der Waals surface area contributed by atoms with E-state index in [0.29, 0.717) is 47.9 Å². The molecule has 0 N–H and O–H groups in total. The van der Waals surface area contributed by atoms with Crippen LogP contribution in [0, 0.1) is 46.5 Å². The summed E-state index contributed by atoms with van der Waals surface area (Å²) in [5.74, 6) is -7.48. The maximum absolute atomic E-state index is 17.3. The van der Waals surface area contributed by atoms with Crippen LogP contribution in [0.4, 0.5) is 35.1 Å². The van der Waals surface area contributed by atoms with Crippen molar-refractivity contribution in [1.82, 2.24) is 0 Å². The molecule has 10 aliphatic rings. The molecule has 8 unspecified atom stereocenters. The molecule has 8 atom stereocenters. The van der Waals surface area contributed by atoms with Crippen molar-refractivity contribution in [2.24, 2.45) is 0 Å². The number of halogens is 10. The van der Waals surface area contributed by atoms with Crippen LogP contribution in [0.3, 0.4) is 0 Å². The quantitative estimate of drug-likeness (QED) is 0.0980. The van der Waals surface area contributed by atoms with Gasteiger partial charge in [0.05, 0.1) is 0 Å². The average Bonchev–Trinajstić information content (AvgIpc) is 1.52. The molecule has 0 aromatic heterocycles. The summed E-state index contributed by atoms with van der Waals surface area (Å²) in [7, 11) is 6.55. The number of fused-ring (bicyclic) bond motifs is 8. The molecule has 8 aliphatic carbocycles. The van der Waals surface area contributed by atoms with E-state index in [0.717, 1.165) is 66.9 Å². The predicted octanol–water partition coefficient (Wildman–Crippen LogP) is 23.6. The number of rotatable bonds is 12. The Bertz CT molecular complexity index is 4340. The topological polar surface area (TPSA) is 0 Å². The third-order valence-electron chi connectivity index (χ3n) is 26.7. The summed E-state index contributed by atoms with van der Waals surface area (Å²) in [5, 5.41) is 0.520. The first-order valence-electron chi connectivity index (χ1n) is 37.2. The van der Waals surface area contributed by atoms with Gasteiger partial charge in [0.15, 0.2) is 0 Å². The zero-order valence-electron chi connectivity index (χ0n) is 62.7. The second-order valence-electron chi connectivity index (χ2n) is 35.1. The van der Waals surface area contributed by atoms with Gasteiger partial charge in [-0.15, -0.1) is 0 Å². The molecule has 538 valence electrons. The van der Waals surface area contributed by atoms with Crippen molar-refractivity contribution < 1.29 is 49.8 Å². The van der Waals surface area contributed by atoms with E-state index >= 15 is 35.1 Å². The summed E-state index contributed by atoms with van der Waals surface area (Å²) in [4.78, 5) is 0. The van der Waals surface area contributed by atoms with Crippen molar-refractivity contribution in [3.8, 4) is 0 Å². The molecule has 0 radical (unpaired) electrons. The van der Waals surface area contributed by atoms with E-state index in [2.05, 4.69) is 138 Å². The number of hydrogen-bond donors (Lipinski definition) is 0. The molecule has 2 fully saturated rings. The van der Waals surface area contributed by atoms with Crippen LogP contribution in [0.1, 0.15) is 99.3 Å². The molecule has 2 aliphatic heterocycles. The van der Waals surface area contributed by atoms with Crippen LogP contribution in [-0.4, -0.2) is 49.9 Å². The van der Waals surface area contributed by atoms with Gasteiger partial charge in [0.1, 0.15) is 0 Å². The van der Waals surface area contributed by atoms with E-state index in [1.165, 1.54) is 48.5 Å². The van der Waals surface area contributed by atoms with Crippen molar-refractivity contribution in [3.63, 3.8) is 0 Å². The Morgan fingerprint density at radius 2 is 0.495 bits per heavy atom. The molecule has 4 aromatic carbocycles. The van der Waals surface area contributed by atoms with Crippen molar-refractivity contribution in [3.05, 3.63) is 306 Å². The van der Waals surface area contributed by atoms with Gasteiger partial charge in [-0.1, -0.05) is 0 Å². The Morgan fingerprint density at radius 1 is 0.320 bits per heavy atom. The van der Waals surface area contributed by atoms with E-state index in [4.69, 9.17) is 0 Å². The minimum atomic E-state index is -8.64. The number of hydrogen-bond acceptors (Lipinski definition) is 0. The molecule has 2 saturated heterocycles. The molecule has 0 nitrogen and oxygen atoms in total. The second kappa shape index (κ2) is 24.2. The zero-order valence-corrected chi connectivity index (χ0v) is 74.2. The number of allylic oxidation sites excluding steroid dienone is 32. The summed E-state index contributed by atoms with van der Waals surface area (Å²) in [6.07, 6.45) is 44.5. The average molecular weight is 1700 g/mol.